The van der Waals surface area contributed by atoms with Crippen LogP contribution in [0.4, 0.5) is 10.6 Å². The highest BCUT2D eigenvalue weighted by Gasteiger charge is 2.47. The Morgan fingerprint density at radius 1 is 1.21 bits per heavy atom. The Morgan fingerprint density at radius 2 is 2.00 bits per heavy atom. The number of urea groups is 1. The number of carbonyl (C=O) groups excluding carboxylic acids is 1. The van der Waals surface area contributed by atoms with Crippen molar-refractivity contribution in [1.82, 2.24) is 40.0 Å². The quantitative estimate of drug-likeness (QED) is 0.591. The molecule has 1 spiro atoms. The molecule has 0 unspecified atom stereocenters. The summed E-state index contributed by atoms with van der Waals surface area (Å²) in [6.45, 7) is 8.18. The van der Waals surface area contributed by atoms with Crippen LogP contribution in [0.2, 0.25) is 0 Å². The average molecular weight is 466 g/mol. The lowest BCUT2D eigenvalue weighted by Gasteiger charge is -2.24. The number of aromatic nitrogens is 6. The smallest absolute Gasteiger partial charge is 0.317 e. The van der Waals surface area contributed by atoms with E-state index in [0.29, 0.717) is 18.1 Å². The number of carbonyl (C=O) groups is 1. The number of nitrogens with two attached hydrogens (primary N) is 1. The molecule has 0 bridgehead atoms. The third kappa shape index (κ3) is 3.84. The zero-order chi connectivity index (χ0) is 24.0. The zero-order valence-electron chi connectivity index (χ0n) is 20.0. The normalized spacial score (nSPS) is 20.2. The predicted molar refractivity (Wildman–Crippen MR) is 126 cm³/mol. The van der Waals surface area contributed by atoms with Gasteiger partial charge in [-0.05, 0) is 45.7 Å². The van der Waals surface area contributed by atoms with Crippen LogP contribution in [0, 0.1) is 0 Å². The molecule has 0 aliphatic carbocycles. The van der Waals surface area contributed by atoms with E-state index in [4.69, 9.17) is 15.6 Å². The highest BCUT2D eigenvalue weighted by molar-refractivity contribution is 5.75. The molecule has 11 heteroatoms. The highest BCUT2D eigenvalue weighted by Crippen LogP contribution is 2.44. The van der Waals surface area contributed by atoms with E-state index in [1.54, 1.807) is 17.1 Å². The molecule has 11 nitrogen and oxygen atoms in total. The maximum absolute atomic E-state index is 12.5. The minimum atomic E-state index is -0.295. The van der Waals surface area contributed by atoms with E-state index in [9.17, 15) is 4.79 Å². The molecule has 0 saturated carbocycles. The number of pyridine rings is 1. The van der Waals surface area contributed by atoms with Gasteiger partial charge < -0.3 is 20.7 Å². The van der Waals surface area contributed by atoms with Gasteiger partial charge in [-0.15, -0.1) is 5.10 Å². The van der Waals surface area contributed by atoms with Crippen molar-refractivity contribution in [2.24, 2.45) is 7.05 Å². The lowest BCUT2D eigenvalue weighted by atomic mass is 9.82. The van der Waals surface area contributed by atoms with Crippen LogP contribution < -0.4 is 15.8 Å². The molecule has 2 aliphatic heterocycles. The maximum atomic E-state index is 12.5. The molecule has 1 fully saturated rings. The number of fused-ring (bicyclic) bond motifs is 2. The van der Waals surface area contributed by atoms with E-state index < -0.39 is 0 Å². The van der Waals surface area contributed by atoms with Crippen molar-refractivity contribution in [3.63, 3.8) is 0 Å². The van der Waals surface area contributed by atoms with Crippen LogP contribution in [0.15, 0.2) is 24.5 Å². The molecule has 5 heterocycles. The lowest BCUT2D eigenvalue weighted by molar-refractivity contribution is 0.203. The van der Waals surface area contributed by atoms with Gasteiger partial charge in [0.05, 0.1) is 17.6 Å². The Morgan fingerprint density at radius 3 is 2.74 bits per heavy atom. The fourth-order valence-electron chi connectivity index (χ4n) is 5.01. The summed E-state index contributed by atoms with van der Waals surface area (Å²) in [4.78, 5) is 18.8. The third-order valence-electron chi connectivity index (χ3n) is 6.83. The van der Waals surface area contributed by atoms with Crippen LogP contribution in [-0.4, -0.2) is 59.8 Å². The van der Waals surface area contributed by atoms with E-state index in [0.717, 1.165) is 42.9 Å². The summed E-state index contributed by atoms with van der Waals surface area (Å²) in [5.74, 6) is 0.808. The number of amides is 2. The molecule has 1 saturated heterocycles. The minimum absolute atomic E-state index is 0.00679. The number of nitrogen functional groups attached to an aromatic ring is 1. The summed E-state index contributed by atoms with van der Waals surface area (Å²) in [7, 11) is 1.82. The predicted octanol–water partition coefficient (Wildman–Crippen LogP) is 2.26. The topological polar surface area (TPSA) is 129 Å². The first kappa shape index (κ1) is 22.2. The molecular formula is C23H31N9O2. The van der Waals surface area contributed by atoms with Crippen LogP contribution in [0.1, 0.15) is 51.1 Å². The van der Waals surface area contributed by atoms with Crippen LogP contribution >= 0.6 is 0 Å². The number of aryl methyl sites for hydroxylation is 2. The van der Waals surface area contributed by atoms with Crippen molar-refractivity contribution in [2.75, 3.05) is 18.8 Å². The van der Waals surface area contributed by atoms with Crippen molar-refractivity contribution >= 4 is 11.8 Å². The highest BCUT2D eigenvalue weighted by atomic mass is 16.5. The molecule has 3 aromatic rings. The second-order valence-corrected chi connectivity index (χ2v) is 9.59. The second kappa shape index (κ2) is 8.30. The molecule has 0 radical (unpaired) electrons. The van der Waals surface area contributed by atoms with Crippen molar-refractivity contribution in [3.05, 3.63) is 35.9 Å². The third-order valence-corrected chi connectivity index (χ3v) is 6.83. The minimum Gasteiger partial charge on any atom is -0.480 e. The monoisotopic (exact) mass is 465 g/mol. The van der Waals surface area contributed by atoms with Gasteiger partial charge in [-0.3, -0.25) is 4.68 Å². The fourth-order valence-corrected chi connectivity index (χ4v) is 5.01. The number of rotatable bonds is 5. The number of hydrogen-bond acceptors (Lipinski definition) is 7. The van der Waals surface area contributed by atoms with Gasteiger partial charge in [0.1, 0.15) is 6.10 Å². The Hall–Kier alpha value is -3.63. The fraction of sp³-hybridized carbons (Fsp3) is 0.522. The first-order valence-electron chi connectivity index (χ1n) is 11.7. The molecule has 34 heavy (non-hydrogen) atoms. The number of anilines is 1. The summed E-state index contributed by atoms with van der Waals surface area (Å²) < 4.78 is 9.84. The van der Waals surface area contributed by atoms with Crippen molar-refractivity contribution in [2.45, 2.75) is 57.7 Å². The van der Waals surface area contributed by atoms with Gasteiger partial charge in [-0.25, -0.2) is 14.5 Å². The van der Waals surface area contributed by atoms with E-state index in [1.807, 2.05) is 38.8 Å². The number of nitrogens with one attached hydrogen (secondary N) is 1. The van der Waals surface area contributed by atoms with Gasteiger partial charge in [0.15, 0.2) is 11.6 Å². The Balaban J connectivity index is 1.37. The molecule has 2 aliphatic rings. The molecule has 3 N–H and O–H groups in total. The van der Waals surface area contributed by atoms with Crippen LogP contribution in [0.25, 0.3) is 11.3 Å². The van der Waals surface area contributed by atoms with Crippen molar-refractivity contribution in [3.8, 4) is 17.0 Å². The first-order chi connectivity index (χ1) is 16.3. The number of nitrogens with zero attached hydrogens (tertiary/aromatic N) is 7. The van der Waals surface area contributed by atoms with E-state index in [2.05, 4.69) is 31.4 Å². The van der Waals surface area contributed by atoms with Gasteiger partial charge in [-0.2, -0.15) is 5.10 Å². The summed E-state index contributed by atoms with van der Waals surface area (Å²) in [5.41, 5.74) is 9.73. The van der Waals surface area contributed by atoms with Gasteiger partial charge in [0.2, 0.25) is 0 Å². The van der Waals surface area contributed by atoms with Crippen LogP contribution in [0.3, 0.4) is 0 Å². The number of likely N-dealkylation sites (tertiary alicyclic amines) is 1. The van der Waals surface area contributed by atoms with Crippen LogP contribution in [-0.2, 0) is 19.0 Å². The first-order valence-corrected chi connectivity index (χ1v) is 11.7. The molecule has 3 aromatic heterocycles. The molecule has 180 valence electrons. The van der Waals surface area contributed by atoms with E-state index in [1.165, 1.54) is 5.69 Å². The largest absolute Gasteiger partial charge is 0.480 e. The van der Waals surface area contributed by atoms with Crippen molar-refractivity contribution < 1.29 is 9.53 Å². The standard InChI is InChI=1S/C23H31N9O2/c1-14(2)27-22(33)31-7-5-23(13-31)6-8-32-20(23)10-17(28-32)16-9-19(21(24)25-11-16)34-15(3)18-12-26-29-30(18)4/h9-12,14-15H,5-8,13H2,1-4H3,(H2,24,25)(H,27,33)/t15-,23-/m1/s1. The van der Waals surface area contributed by atoms with Crippen LogP contribution in [0.5, 0.6) is 5.75 Å². The SMILES string of the molecule is CC(C)NC(=O)N1CC[C@@]2(CCn3nc(-c4cnc(N)c(O[C@H](C)c5cnnn5C)c4)cc32)C1. The summed E-state index contributed by atoms with van der Waals surface area (Å²) in [6, 6.07) is 4.13. The zero-order valence-corrected chi connectivity index (χ0v) is 20.0. The average Bonchev–Trinajstić information content (AvgIpc) is 3.55. The Bertz CT molecular complexity index is 1220. The van der Waals surface area contributed by atoms with Crippen molar-refractivity contribution in [1.29, 1.82) is 0 Å². The second-order valence-electron chi connectivity index (χ2n) is 9.59. The lowest BCUT2D eigenvalue weighted by Crippen LogP contribution is -2.43. The van der Waals surface area contributed by atoms with Gasteiger partial charge in [0.25, 0.3) is 0 Å². The maximum Gasteiger partial charge on any atom is 0.317 e. The molecule has 5 rings (SSSR count). The van der Waals surface area contributed by atoms with E-state index >= 15 is 0 Å². The molecule has 0 aromatic carbocycles. The number of hydrogen-bond donors (Lipinski definition) is 2. The summed E-state index contributed by atoms with van der Waals surface area (Å²) >= 11 is 0. The molecule has 2 amide bonds. The Kier molecular flexibility index (Phi) is 5.41. The van der Waals surface area contributed by atoms with Gasteiger partial charge in [0, 0.05) is 55.6 Å². The molecule has 2 atom stereocenters. The molecular weight excluding hydrogens is 434 g/mol. The Labute approximate surface area is 198 Å². The summed E-state index contributed by atoms with van der Waals surface area (Å²) in [6.07, 6.45) is 5.03. The number of ether oxygens (including phenoxy) is 1. The van der Waals surface area contributed by atoms with Gasteiger partial charge in [-0.1, -0.05) is 5.21 Å². The van der Waals surface area contributed by atoms with Gasteiger partial charge >= 0.3 is 6.03 Å². The van der Waals surface area contributed by atoms with E-state index in [-0.39, 0.29) is 23.6 Å². The summed E-state index contributed by atoms with van der Waals surface area (Å²) in [5, 5.41) is 15.7.